The summed E-state index contributed by atoms with van der Waals surface area (Å²) in [6.45, 7) is 0.712. The fourth-order valence-corrected chi connectivity index (χ4v) is 3.34. The molecule has 0 radical (unpaired) electrons. The molecule has 0 saturated heterocycles. The first kappa shape index (κ1) is 20.3. The zero-order chi connectivity index (χ0) is 21.5. The Balaban J connectivity index is 1.25. The lowest BCUT2D eigenvalue weighted by Gasteiger charge is -2.09. The topological polar surface area (TPSA) is 73.3 Å². The van der Waals surface area contributed by atoms with Gasteiger partial charge in [-0.15, -0.1) is 10.2 Å². The molecule has 0 spiro atoms. The van der Waals surface area contributed by atoms with Gasteiger partial charge in [0.2, 0.25) is 11.8 Å². The summed E-state index contributed by atoms with van der Waals surface area (Å²) in [6, 6.07) is 25.3. The summed E-state index contributed by atoms with van der Waals surface area (Å²) in [5.74, 6) is 1.17. The Hall–Kier alpha value is -3.93. The average Bonchev–Trinajstić information content (AvgIpc) is 2.82. The summed E-state index contributed by atoms with van der Waals surface area (Å²) >= 11 is 0. The molecule has 3 aromatic carbocycles. The van der Waals surface area contributed by atoms with Crippen LogP contribution in [0.3, 0.4) is 0 Å². The molecule has 31 heavy (non-hydrogen) atoms. The van der Waals surface area contributed by atoms with Gasteiger partial charge in [-0.2, -0.15) is 0 Å². The number of fused-ring (bicyclic) bond motifs is 1. The van der Waals surface area contributed by atoms with E-state index in [1.807, 2.05) is 72.8 Å². The number of aromatic nitrogens is 2. The third kappa shape index (κ3) is 5.17. The van der Waals surface area contributed by atoms with E-state index in [2.05, 4.69) is 15.5 Å². The highest BCUT2D eigenvalue weighted by molar-refractivity contribution is 5.90. The van der Waals surface area contributed by atoms with Crippen LogP contribution in [0.1, 0.15) is 5.56 Å². The lowest BCUT2D eigenvalue weighted by Crippen LogP contribution is -2.29. The normalized spacial score (nSPS) is 10.6. The van der Waals surface area contributed by atoms with Gasteiger partial charge in [0, 0.05) is 11.6 Å². The third-order valence-corrected chi connectivity index (χ3v) is 4.93. The van der Waals surface area contributed by atoms with E-state index >= 15 is 0 Å². The molecule has 1 aromatic heterocycles. The molecule has 0 atom stereocenters. The minimum absolute atomic E-state index is 0.0408. The second kappa shape index (κ2) is 9.71. The number of nitrogens with one attached hydrogen (secondary N) is 1. The summed E-state index contributed by atoms with van der Waals surface area (Å²) in [5.41, 5.74) is 2.70. The molecule has 6 heteroatoms. The lowest BCUT2D eigenvalue weighted by atomic mass is 10.0. The van der Waals surface area contributed by atoms with Gasteiger partial charge in [0.05, 0.1) is 25.8 Å². The van der Waals surface area contributed by atoms with Crippen molar-refractivity contribution >= 4 is 16.7 Å². The Kier molecular flexibility index (Phi) is 6.38. The van der Waals surface area contributed by atoms with Crippen LogP contribution in [-0.4, -0.2) is 36.4 Å². The molecule has 0 aliphatic heterocycles. The van der Waals surface area contributed by atoms with Gasteiger partial charge in [0.1, 0.15) is 12.4 Å². The van der Waals surface area contributed by atoms with Crippen LogP contribution in [-0.2, 0) is 11.2 Å². The highest BCUT2D eigenvalue weighted by atomic mass is 16.5. The van der Waals surface area contributed by atoms with Crippen molar-refractivity contribution in [1.29, 1.82) is 0 Å². The molecular weight excluding hydrogens is 390 g/mol. The molecule has 4 aromatic rings. The number of hydrogen-bond acceptors (Lipinski definition) is 5. The zero-order valence-corrected chi connectivity index (χ0v) is 17.2. The summed E-state index contributed by atoms with van der Waals surface area (Å²) < 4.78 is 10.8. The monoisotopic (exact) mass is 413 g/mol. The van der Waals surface area contributed by atoms with Gasteiger partial charge in [-0.1, -0.05) is 42.5 Å². The van der Waals surface area contributed by atoms with E-state index in [0.29, 0.717) is 25.5 Å². The van der Waals surface area contributed by atoms with Gasteiger partial charge >= 0.3 is 0 Å². The zero-order valence-electron chi connectivity index (χ0n) is 17.2. The molecule has 4 rings (SSSR count). The number of nitrogens with zero attached hydrogens (tertiary/aromatic N) is 2. The van der Waals surface area contributed by atoms with Gasteiger partial charge in [-0.05, 0) is 46.7 Å². The second-order valence-electron chi connectivity index (χ2n) is 7.00. The number of rotatable bonds is 8. The Morgan fingerprint density at radius 1 is 0.903 bits per heavy atom. The average molecular weight is 413 g/mol. The maximum atomic E-state index is 12.3. The first-order valence-corrected chi connectivity index (χ1v) is 10.1. The van der Waals surface area contributed by atoms with E-state index in [4.69, 9.17) is 9.47 Å². The number of carbonyl (C=O) groups is 1. The lowest BCUT2D eigenvalue weighted by molar-refractivity contribution is -0.120. The number of amides is 1. The smallest absolute Gasteiger partial charge is 0.233 e. The quantitative estimate of drug-likeness (QED) is 0.441. The van der Waals surface area contributed by atoms with Crippen LogP contribution in [0.15, 0.2) is 78.9 Å². The van der Waals surface area contributed by atoms with E-state index in [0.717, 1.165) is 33.3 Å². The highest BCUT2D eigenvalue weighted by Gasteiger charge is 2.07. The molecular formula is C25H23N3O3. The number of carbonyl (C=O) groups excluding carboxylic acids is 1. The molecule has 1 amide bonds. The van der Waals surface area contributed by atoms with E-state index in [1.165, 1.54) is 0 Å². The summed E-state index contributed by atoms with van der Waals surface area (Å²) in [7, 11) is 1.63. The van der Waals surface area contributed by atoms with Gasteiger partial charge < -0.3 is 14.8 Å². The second-order valence-corrected chi connectivity index (χ2v) is 7.00. The Morgan fingerprint density at radius 3 is 2.48 bits per heavy atom. The predicted molar refractivity (Wildman–Crippen MR) is 120 cm³/mol. The molecule has 0 fully saturated rings. The van der Waals surface area contributed by atoms with Crippen molar-refractivity contribution in [1.82, 2.24) is 15.5 Å². The summed E-state index contributed by atoms with van der Waals surface area (Å²) in [5, 5.41) is 13.4. The van der Waals surface area contributed by atoms with Crippen molar-refractivity contribution in [2.75, 3.05) is 20.3 Å². The molecule has 6 nitrogen and oxygen atoms in total. The first-order valence-electron chi connectivity index (χ1n) is 10.1. The number of hydrogen-bond donors (Lipinski definition) is 1. The number of ether oxygens (including phenoxy) is 2. The van der Waals surface area contributed by atoms with Crippen LogP contribution in [0.2, 0.25) is 0 Å². The van der Waals surface area contributed by atoms with Crippen molar-refractivity contribution in [3.05, 3.63) is 84.4 Å². The van der Waals surface area contributed by atoms with E-state index < -0.39 is 0 Å². The minimum atomic E-state index is -0.0408. The maximum absolute atomic E-state index is 12.3. The highest BCUT2D eigenvalue weighted by Crippen LogP contribution is 2.21. The van der Waals surface area contributed by atoms with Gasteiger partial charge in [0.25, 0.3) is 0 Å². The molecule has 1 heterocycles. The SMILES string of the molecule is COc1ccc(-c2ccc(OCCNC(=O)Cc3cccc4ccccc34)nn2)cc1. The standard InChI is InChI=1S/C25H23N3O3/c1-30-21-11-9-19(10-12-21)23-13-14-25(28-27-23)31-16-15-26-24(29)17-20-7-4-6-18-5-2-3-8-22(18)20/h2-14H,15-17H2,1H3,(H,26,29). The molecule has 0 saturated carbocycles. The van der Waals surface area contributed by atoms with Gasteiger partial charge in [-0.25, -0.2) is 0 Å². The van der Waals surface area contributed by atoms with Crippen molar-refractivity contribution in [2.45, 2.75) is 6.42 Å². The number of benzene rings is 3. The van der Waals surface area contributed by atoms with Crippen molar-refractivity contribution in [3.63, 3.8) is 0 Å². The van der Waals surface area contributed by atoms with Crippen molar-refractivity contribution in [3.8, 4) is 22.9 Å². The van der Waals surface area contributed by atoms with Crippen LogP contribution < -0.4 is 14.8 Å². The van der Waals surface area contributed by atoms with E-state index in [1.54, 1.807) is 13.2 Å². The van der Waals surface area contributed by atoms with Crippen molar-refractivity contribution < 1.29 is 14.3 Å². The number of methoxy groups -OCH3 is 1. The fourth-order valence-electron chi connectivity index (χ4n) is 3.34. The van der Waals surface area contributed by atoms with Crippen LogP contribution >= 0.6 is 0 Å². The molecule has 0 bridgehead atoms. The maximum Gasteiger partial charge on any atom is 0.233 e. The van der Waals surface area contributed by atoms with Crippen LogP contribution in [0, 0.1) is 0 Å². The largest absolute Gasteiger partial charge is 0.497 e. The predicted octanol–water partition coefficient (Wildman–Crippen LogP) is 4.04. The van der Waals surface area contributed by atoms with Crippen LogP contribution in [0.5, 0.6) is 11.6 Å². The van der Waals surface area contributed by atoms with Gasteiger partial charge in [-0.3, -0.25) is 4.79 Å². The Bertz CT molecular complexity index is 1150. The molecule has 1 N–H and O–H groups in total. The Morgan fingerprint density at radius 2 is 1.71 bits per heavy atom. The van der Waals surface area contributed by atoms with Crippen LogP contribution in [0.25, 0.3) is 22.0 Å². The van der Waals surface area contributed by atoms with E-state index in [-0.39, 0.29) is 5.91 Å². The molecule has 0 unspecified atom stereocenters. The van der Waals surface area contributed by atoms with E-state index in [9.17, 15) is 4.79 Å². The minimum Gasteiger partial charge on any atom is -0.497 e. The fraction of sp³-hybridized carbons (Fsp3) is 0.160. The summed E-state index contributed by atoms with van der Waals surface area (Å²) in [6.07, 6.45) is 0.331. The molecule has 0 aliphatic carbocycles. The third-order valence-electron chi connectivity index (χ3n) is 4.93. The first-order chi connectivity index (χ1) is 15.2. The molecule has 0 aliphatic rings. The Labute approximate surface area is 180 Å². The van der Waals surface area contributed by atoms with Gasteiger partial charge in [0.15, 0.2) is 0 Å². The van der Waals surface area contributed by atoms with Crippen LogP contribution in [0.4, 0.5) is 0 Å². The van der Waals surface area contributed by atoms with Crippen molar-refractivity contribution in [2.24, 2.45) is 0 Å². The molecule has 156 valence electrons. The summed E-state index contributed by atoms with van der Waals surface area (Å²) in [4.78, 5) is 12.3.